The van der Waals surface area contributed by atoms with E-state index < -0.39 is 17.8 Å². The SMILES string of the molecule is CCCOc1ccc(N2C(=O)NC(=O)/C(=C\c3ccc(OCC(=O)Nc4cccc(C)c4)c(OCC)c3)C2=O)cc1OCC. The number of hydrogen-bond acceptors (Lipinski definition) is 8. The molecule has 1 heterocycles. The molecule has 1 aliphatic rings. The molecule has 2 N–H and O–H groups in total. The van der Waals surface area contributed by atoms with Gasteiger partial charge in [-0.25, -0.2) is 9.69 Å². The Labute approximate surface area is 255 Å². The number of carbonyl (C=O) groups excluding carboxylic acids is 4. The van der Waals surface area contributed by atoms with Crippen molar-refractivity contribution in [3.05, 3.63) is 77.4 Å². The van der Waals surface area contributed by atoms with Gasteiger partial charge in [-0.2, -0.15) is 0 Å². The number of barbiturate groups is 1. The highest BCUT2D eigenvalue weighted by Crippen LogP contribution is 2.34. The van der Waals surface area contributed by atoms with Crippen LogP contribution in [0.25, 0.3) is 6.08 Å². The van der Waals surface area contributed by atoms with E-state index in [-0.39, 0.29) is 23.8 Å². The minimum atomic E-state index is -0.885. The van der Waals surface area contributed by atoms with E-state index in [1.54, 1.807) is 43.3 Å². The molecule has 11 heteroatoms. The number of nitrogens with zero attached hydrogens (tertiary/aromatic N) is 1. The van der Waals surface area contributed by atoms with Crippen molar-refractivity contribution in [3.63, 3.8) is 0 Å². The monoisotopic (exact) mass is 601 g/mol. The molecule has 3 aromatic carbocycles. The van der Waals surface area contributed by atoms with Gasteiger partial charge in [-0.3, -0.25) is 19.7 Å². The normalized spacial score (nSPS) is 13.9. The number of aryl methyl sites for hydroxylation is 1. The Morgan fingerprint density at radius 1 is 0.841 bits per heavy atom. The Morgan fingerprint density at radius 2 is 1.55 bits per heavy atom. The number of amides is 5. The Balaban J connectivity index is 1.55. The van der Waals surface area contributed by atoms with E-state index in [0.29, 0.717) is 54.1 Å². The Bertz CT molecular complexity index is 1580. The Kier molecular flexibility index (Phi) is 10.6. The lowest BCUT2D eigenvalue weighted by molar-refractivity contribution is -0.122. The third-order valence-corrected chi connectivity index (χ3v) is 6.29. The zero-order valence-corrected chi connectivity index (χ0v) is 25.1. The van der Waals surface area contributed by atoms with Gasteiger partial charge in [0.05, 0.1) is 25.5 Å². The summed E-state index contributed by atoms with van der Waals surface area (Å²) in [4.78, 5) is 52.4. The van der Waals surface area contributed by atoms with Crippen LogP contribution in [0.5, 0.6) is 23.0 Å². The van der Waals surface area contributed by atoms with Gasteiger partial charge in [0.1, 0.15) is 5.57 Å². The number of nitrogens with one attached hydrogen (secondary N) is 2. The molecule has 0 spiro atoms. The lowest BCUT2D eigenvalue weighted by Crippen LogP contribution is -2.54. The average Bonchev–Trinajstić information content (AvgIpc) is 2.98. The van der Waals surface area contributed by atoms with E-state index in [2.05, 4.69) is 10.6 Å². The van der Waals surface area contributed by atoms with Gasteiger partial charge >= 0.3 is 6.03 Å². The fourth-order valence-electron chi connectivity index (χ4n) is 4.36. The van der Waals surface area contributed by atoms with Gasteiger partial charge in [0.2, 0.25) is 0 Å². The molecule has 1 aliphatic heterocycles. The molecular weight excluding hydrogens is 566 g/mol. The van der Waals surface area contributed by atoms with Crippen LogP contribution in [0.15, 0.2) is 66.2 Å². The van der Waals surface area contributed by atoms with Crippen LogP contribution in [0.3, 0.4) is 0 Å². The van der Waals surface area contributed by atoms with Crippen LogP contribution in [-0.4, -0.2) is 50.2 Å². The number of benzene rings is 3. The number of imide groups is 2. The van der Waals surface area contributed by atoms with Gasteiger partial charge < -0.3 is 24.3 Å². The van der Waals surface area contributed by atoms with Gasteiger partial charge in [0.25, 0.3) is 17.7 Å². The highest BCUT2D eigenvalue weighted by atomic mass is 16.5. The van der Waals surface area contributed by atoms with Gasteiger partial charge in [-0.1, -0.05) is 25.1 Å². The van der Waals surface area contributed by atoms with Crippen LogP contribution in [0.4, 0.5) is 16.2 Å². The predicted octanol–water partition coefficient (Wildman–Crippen LogP) is 5.27. The van der Waals surface area contributed by atoms with Gasteiger partial charge in [0, 0.05) is 11.8 Å². The molecule has 0 bridgehead atoms. The first-order valence-corrected chi connectivity index (χ1v) is 14.3. The fraction of sp³-hybridized carbons (Fsp3) is 0.273. The zero-order valence-electron chi connectivity index (χ0n) is 25.1. The molecule has 1 fully saturated rings. The third kappa shape index (κ3) is 7.74. The smallest absolute Gasteiger partial charge is 0.335 e. The molecule has 11 nitrogen and oxygen atoms in total. The lowest BCUT2D eigenvalue weighted by atomic mass is 10.1. The minimum Gasteiger partial charge on any atom is -0.490 e. The van der Waals surface area contributed by atoms with Gasteiger partial charge in [0.15, 0.2) is 29.6 Å². The number of carbonyl (C=O) groups is 4. The first-order chi connectivity index (χ1) is 21.2. The molecule has 3 aromatic rings. The average molecular weight is 602 g/mol. The van der Waals surface area contributed by atoms with E-state index in [1.807, 2.05) is 39.0 Å². The first-order valence-electron chi connectivity index (χ1n) is 14.3. The molecular formula is C33H35N3O8. The van der Waals surface area contributed by atoms with E-state index in [9.17, 15) is 19.2 Å². The van der Waals surface area contributed by atoms with E-state index in [1.165, 1.54) is 12.1 Å². The molecule has 5 amide bonds. The van der Waals surface area contributed by atoms with Crippen LogP contribution in [0.2, 0.25) is 0 Å². The van der Waals surface area contributed by atoms with Crippen molar-refractivity contribution in [1.29, 1.82) is 0 Å². The van der Waals surface area contributed by atoms with Crippen LogP contribution in [0, 0.1) is 6.92 Å². The summed E-state index contributed by atoms with van der Waals surface area (Å²) < 4.78 is 22.8. The van der Waals surface area contributed by atoms with Crippen molar-refractivity contribution in [3.8, 4) is 23.0 Å². The summed E-state index contributed by atoms with van der Waals surface area (Å²) in [6, 6.07) is 16.0. The maximum atomic E-state index is 13.5. The van der Waals surface area contributed by atoms with Gasteiger partial charge in [-0.05, 0) is 80.8 Å². The van der Waals surface area contributed by atoms with E-state index >= 15 is 0 Å². The molecule has 0 atom stereocenters. The molecule has 44 heavy (non-hydrogen) atoms. The van der Waals surface area contributed by atoms with E-state index in [4.69, 9.17) is 18.9 Å². The summed E-state index contributed by atoms with van der Waals surface area (Å²) >= 11 is 0. The van der Waals surface area contributed by atoms with Crippen molar-refractivity contribution >= 4 is 41.2 Å². The third-order valence-electron chi connectivity index (χ3n) is 6.29. The zero-order chi connectivity index (χ0) is 31.6. The maximum Gasteiger partial charge on any atom is 0.335 e. The summed E-state index contributed by atoms with van der Waals surface area (Å²) in [6.07, 6.45) is 2.15. The number of rotatable bonds is 13. The van der Waals surface area contributed by atoms with Crippen molar-refractivity contribution < 1.29 is 38.1 Å². The van der Waals surface area contributed by atoms with Crippen molar-refractivity contribution in [1.82, 2.24) is 5.32 Å². The van der Waals surface area contributed by atoms with Crippen molar-refractivity contribution in [2.45, 2.75) is 34.1 Å². The van der Waals surface area contributed by atoms with E-state index in [0.717, 1.165) is 16.9 Å². The standard InChI is InChI=1S/C33H35N3O8/c1-5-15-43-26-14-12-24(19-29(26)42-7-3)36-32(39)25(31(38)35-33(36)40)17-22-11-13-27(28(18-22)41-6-2)44-20-30(37)34-23-10-8-9-21(4)16-23/h8-14,16-19H,5-7,15,20H2,1-4H3,(H,34,37)(H,35,38,40)/b25-17+. The Morgan fingerprint density at radius 3 is 2.25 bits per heavy atom. The molecule has 0 aliphatic carbocycles. The highest BCUT2D eigenvalue weighted by molar-refractivity contribution is 6.39. The molecule has 230 valence electrons. The summed E-state index contributed by atoms with van der Waals surface area (Å²) in [5.74, 6) is -0.538. The number of ether oxygens (including phenoxy) is 4. The second kappa shape index (κ2) is 14.7. The topological polar surface area (TPSA) is 132 Å². The molecule has 0 aromatic heterocycles. The maximum absolute atomic E-state index is 13.5. The summed E-state index contributed by atoms with van der Waals surface area (Å²) in [5.41, 5.74) is 2.05. The minimum absolute atomic E-state index is 0.209. The predicted molar refractivity (Wildman–Crippen MR) is 165 cm³/mol. The summed E-state index contributed by atoms with van der Waals surface area (Å²) in [6.45, 7) is 8.34. The van der Waals surface area contributed by atoms with Crippen molar-refractivity contribution in [2.24, 2.45) is 0 Å². The second-order valence-corrected chi connectivity index (χ2v) is 9.72. The van der Waals surface area contributed by atoms with Gasteiger partial charge in [-0.15, -0.1) is 0 Å². The van der Waals surface area contributed by atoms with Crippen LogP contribution in [0.1, 0.15) is 38.3 Å². The summed E-state index contributed by atoms with van der Waals surface area (Å²) in [7, 11) is 0. The number of hydrogen-bond donors (Lipinski definition) is 2. The van der Waals surface area contributed by atoms with Crippen LogP contribution in [-0.2, 0) is 14.4 Å². The molecule has 0 saturated carbocycles. The molecule has 0 unspecified atom stereocenters. The molecule has 4 rings (SSSR count). The highest BCUT2D eigenvalue weighted by Gasteiger charge is 2.37. The largest absolute Gasteiger partial charge is 0.490 e. The lowest BCUT2D eigenvalue weighted by Gasteiger charge is -2.27. The Hall–Kier alpha value is -5.32. The fourth-order valence-corrected chi connectivity index (χ4v) is 4.36. The quantitative estimate of drug-likeness (QED) is 0.200. The first kappa shape index (κ1) is 31.6. The second-order valence-electron chi connectivity index (χ2n) is 9.72. The molecule has 1 saturated heterocycles. The molecule has 0 radical (unpaired) electrons. The number of anilines is 2. The summed E-state index contributed by atoms with van der Waals surface area (Å²) in [5, 5.41) is 5.00. The van der Waals surface area contributed by atoms with Crippen molar-refractivity contribution in [2.75, 3.05) is 36.6 Å². The number of urea groups is 1. The van der Waals surface area contributed by atoms with Crippen LogP contribution < -0.4 is 34.5 Å². The van der Waals surface area contributed by atoms with Crippen LogP contribution >= 0.6 is 0 Å².